The van der Waals surface area contributed by atoms with Gasteiger partial charge in [0.05, 0.1) is 16.8 Å². The van der Waals surface area contributed by atoms with E-state index in [-0.39, 0.29) is 5.69 Å². The fourth-order valence-electron chi connectivity index (χ4n) is 2.41. The fourth-order valence-corrected chi connectivity index (χ4v) is 2.41. The topological polar surface area (TPSA) is 68.3 Å². The van der Waals surface area contributed by atoms with Gasteiger partial charge in [0.1, 0.15) is 5.69 Å². The zero-order valence-corrected chi connectivity index (χ0v) is 13.8. The van der Waals surface area contributed by atoms with Crippen LogP contribution in [0.4, 0.5) is 18.9 Å². The Morgan fingerprint density at radius 2 is 1.67 bits per heavy atom. The van der Waals surface area contributed by atoms with Gasteiger partial charge in [-0.2, -0.15) is 13.2 Å². The van der Waals surface area contributed by atoms with Crippen molar-refractivity contribution in [3.63, 3.8) is 0 Å². The summed E-state index contributed by atoms with van der Waals surface area (Å²) < 4.78 is 43.6. The number of esters is 1. The summed E-state index contributed by atoms with van der Waals surface area (Å²) in [6.07, 6.45) is -4.62. The van der Waals surface area contributed by atoms with Gasteiger partial charge in [-0.1, -0.05) is 36.4 Å². The number of amides is 1. The Balaban J connectivity index is 1.64. The first-order valence-corrected chi connectivity index (χ1v) is 7.83. The Hall–Kier alpha value is -3.42. The summed E-state index contributed by atoms with van der Waals surface area (Å²) in [4.78, 5) is 28.0. The normalized spacial score (nSPS) is 11.2. The summed E-state index contributed by atoms with van der Waals surface area (Å²) in [5.74, 6) is -1.74. The molecule has 1 aromatic heterocycles. The van der Waals surface area contributed by atoms with Crippen LogP contribution >= 0.6 is 0 Å². The molecule has 0 aliphatic rings. The van der Waals surface area contributed by atoms with Gasteiger partial charge in [-0.05, 0) is 24.3 Å². The number of benzene rings is 2. The molecule has 1 amide bonds. The second-order valence-corrected chi connectivity index (χ2v) is 5.56. The van der Waals surface area contributed by atoms with Crippen LogP contribution < -0.4 is 5.32 Å². The van der Waals surface area contributed by atoms with Crippen LogP contribution in [0.15, 0.2) is 60.7 Å². The van der Waals surface area contributed by atoms with E-state index in [1.165, 1.54) is 18.2 Å². The molecule has 3 rings (SSSR count). The summed E-state index contributed by atoms with van der Waals surface area (Å²) in [6, 6.07) is 14.8. The molecule has 138 valence electrons. The number of ether oxygens (including phenoxy) is 1. The van der Waals surface area contributed by atoms with Gasteiger partial charge < -0.3 is 10.1 Å². The molecule has 0 saturated heterocycles. The second-order valence-electron chi connectivity index (χ2n) is 5.56. The van der Waals surface area contributed by atoms with E-state index in [4.69, 9.17) is 4.74 Å². The molecule has 0 spiro atoms. The Morgan fingerprint density at radius 1 is 0.963 bits per heavy atom. The zero-order chi connectivity index (χ0) is 19.4. The molecule has 0 aliphatic carbocycles. The van der Waals surface area contributed by atoms with Crippen molar-refractivity contribution in [2.45, 2.75) is 6.18 Å². The maximum Gasteiger partial charge on any atom is 0.418 e. The number of carbonyl (C=O) groups is 2. The first-order valence-electron chi connectivity index (χ1n) is 7.83. The summed E-state index contributed by atoms with van der Waals surface area (Å²) in [5.41, 5.74) is -0.816. The van der Waals surface area contributed by atoms with Gasteiger partial charge in [0.2, 0.25) is 0 Å². The summed E-state index contributed by atoms with van der Waals surface area (Å²) in [6.45, 7) is -0.737. The third-order valence-corrected chi connectivity index (χ3v) is 3.65. The van der Waals surface area contributed by atoms with Crippen LogP contribution in [-0.4, -0.2) is 23.5 Å². The average Bonchev–Trinajstić information content (AvgIpc) is 2.65. The highest BCUT2D eigenvalue weighted by Gasteiger charge is 2.33. The number of halogens is 3. The maximum atomic E-state index is 12.9. The number of anilines is 1. The standard InChI is InChI=1S/C19H13F3N2O3/c20-19(21,22)13-6-2-4-8-15(13)24-17(25)11-27-18(26)16-10-9-12-5-1-3-7-14(12)23-16/h1-10H,11H2,(H,24,25). The number of rotatable bonds is 4. The van der Waals surface area contributed by atoms with Crippen LogP contribution in [0.3, 0.4) is 0 Å². The number of aromatic nitrogens is 1. The molecule has 3 aromatic rings. The molecule has 0 aliphatic heterocycles. The third kappa shape index (κ3) is 4.41. The number of hydrogen-bond acceptors (Lipinski definition) is 4. The predicted molar refractivity (Wildman–Crippen MR) is 92.1 cm³/mol. The number of fused-ring (bicyclic) bond motifs is 1. The van der Waals surface area contributed by atoms with E-state index < -0.39 is 35.9 Å². The third-order valence-electron chi connectivity index (χ3n) is 3.65. The fraction of sp³-hybridized carbons (Fsp3) is 0.105. The number of alkyl halides is 3. The zero-order valence-electron chi connectivity index (χ0n) is 13.8. The Labute approximate surface area is 151 Å². The van der Waals surface area contributed by atoms with Crippen molar-refractivity contribution in [1.82, 2.24) is 4.98 Å². The lowest BCUT2D eigenvalue weighted by Gasteiger charge is -2.13. The van der Waals surface area contributed by atoms with Crippen molar-refractivity contribution < 1.29 is 27.5 Å². The summed E-state index contributed by atoms with van der Waals surface area (Å²) in [5, 5.41) is 2.93. The predicted octanol–water partition coefficient (Wildman–Crippen LogP) is 4.05. The molecule has 1 heterocycles. The minimum Gasteiger partial charge on any atom is -0.451 e. The van der Waals surface area contributed by atoms with Crippen LogP contribution in [0, 0.1) is 0 Å². The molecule has 0 radical (unpaired) electrons. The second kappa shape index (κ2) is 7.45. The van der Waals surface area contributed by atoms with Gasteiger partial charge in [-0.3, -0.25) is 4.79 Å². The van der Waals surface area contributed by atoms with Crippen molar-refractivity contribution in [3.05, 3.63) is 71.9 Å². The van der Waals surface area contributed by atoms with E-state index in [1.54, 1.807) is 18.2 Å². The van der Waals surface area contributed by atoms with E-state index >= 15 is 0 Å². The van der Waals surface area contributed by atoms with Crippen molar-refractivity contribution in [3.8, 4) is 0 Å². The van der Waals surface area contributed by atoms with Gasteiger partial charge in [-0.15, -0.1) is 0 Å². The van der Waals surface area contributed by atoms with Gasteiger partial charge in [0.25, 0.3) is 5.91 Å². The molecular formula is C19H13F3N2O3. The quantitative estimate of drug-likeness (QED) is 0.700. The highest BCUT2D eigenvalue weighted by atomic mass is 19.4. The lowest BCUT2D eigenvalue weighted by Crippen LogP contribution is -2.23. The van der Waals surface area contributed by atoms with Gasteiger partial charge in [0, 0.05) is 5.39 Å². The highest BCUT2D eigenvalue weighted by Crippen LogP contribution is 2.34. The van der Waals surface area contributed by atoms with E-state index in [0.717, 1.165) is 17.5 Å². The molecule has 0 fully saturated rings. The number of carbonyl (C=O) groups excluding carboxylic acids is 2. The van der Waals surface area contributed by atoms with Gasteiger partial charge in [-0.25, -0.2) is 9.78 Å². The number of nitrogens with one attached hydrogen (secondary N) is 1. The van der Waals surface area contributed by atoms with Crippen molar-refractivity contribution in [2.24, 2.45) is 0 Å². The summed E-state index contributed by atoms with van der Waals surface area (Å²) in [7, 11) is 0. The SMILES string of the molecule is O=C(COC(=O)c1ccc2ccccc2n1)Nc1ccccc1C(F)(F)F. The molecule has 0 atom stereocenters. The Kier molecular flexibility index (Phi) is 5.07. The molecule has 8 heteroatoms. The Morgan fingerprint density at radius 3 is 2.44 bits per heavy atom. The number of nitrogens with zero attached hydrogens (tertiary/aromatic N) is 1. The maximum absolute atomic E-state index is 12.9. The minimum atomic E-state index is -4.62. The van der Waals surface area contributed by atoms with Crippen molar-refractivity contribution >= 4 is 28.5 Å². The summed E-state index contributed by atoms with van der Waals surface area (Å²) >= 11 is 0. The van der Waals surface area contributed by atoms with E-state index in [9.17, 15) is 22.8 Å². The largest absolute Gasteiger partial charge is 0.451 e. The monoisotopic (exact) mass is 374 g/mol. The van der Waals surface area contributed by atoms with Gasteiger partial charge >= 0.3 is 12.1 Å². The van der Waals surface area contributed by atoms with E-state index in [2.05, 4.69) is 10.3 Å². The van der Waals surface area contributed by atoms with E-state index in [1.807, 2.05) is 12.1 Å². The number of para-hydroxylation sites is 2. The molecule has 0 bridgehead atoms. The van der Waals surface area contributed by atoms with Crippen LogP contribution in [0.2, 0.25) is 0 Å². The van der Waals surface area contributed by atoms with Gasteiger partial charge in [0.15, 0.2) is 6.61 Å². The smallest absolute Gasteiger partial charge is 0.418 e. The lowest BCUT2D eigenvalue weighted by atomic mass is 10.1. The first-order chi connectivity index (χ1) is 12.8. The van der Waals surface area contributed by atoms with Crippen LogP contribution in [-0.2, 0) is 15.7 Å². The first kappa shape index (κ1) is 18.4. The van der Waals surface area contributed by atoms with Crippen molar-refractivity contribution in [1.29, 1.82) is 0 Å². The van der Waals surface area contributed by atoms with Crippen molar-refractivity contribution in [2.75, 3.05) is 11.9 Å². The van der Waals surface area contributed by atoms with Crippen LogP contribution in [0.5, 0.6) is 0 Å². The molecular weight excluding hydrogens is 361 g/mol. The van der Waals surface area contributed by atoms with E-state index in [0.29, 0.717) is 5.52 Å². The van der Waals surface area contributed by atoms with Crippen LogP contribution in [0.1, 0.15) is 16.1 Å². The molecule has 0 unspecified atom stereocenters. The average molecular weight is 374 g/mol. The lowest BCUT2D eigenvalue weighted by molar-refractivity contribution is -0.137. The molecule has 1 N–H and O–H groups in total. The molecule has 27 heavy (non-hydrogen) atoms. The minimum absolute atomic E-state index is 0.00260. The molecule has 0 saturated carbocycles. The number of pyridine rings is 1. The highest BCUT2D eigenvalue weighted by molar-refractivity contribution is 5.96. The molecule has 2 aromatic carbocycles. The Bertz CT molecular complexity index is 1000. The number of hydrogen-bond donors (Lipinski definition) is 1. The molecule has 5 nitrogen and oxygen atoms in total. The van der Waals surface area contributed by atoms with Crippen LogP contribution in [0.25, 0.3) is 10.9 Å².